The third kappa shape index (κ3) is 4.31. The number of hydrogen-bond acceptors (Lipinski definition) is 5. The van der Waals surface area contributed by atoms with Crippen LogP contribution in [0.2, 0.25) is 0 Å². The van der Waals surface area contributed by atoms with Gasteiger partial charge >= 0.3 is 0 Å². The number of carbonyl (C=O) groups is 2. The molecule has 2 amide bonds. The molecule has 2 N–H and O–H groups in total. The van der Waals surface area contributed by atoms with E-state index in [1.165, 1.54) is 35.6 Å². The first kappa shape index (κ1) is 20.1. The summed E-state index contributed by atoms with van der Waals surface area (Å²) in [7, 11) is -3.39. The summed E-state index contributed by atoms with van der Waals surface area (Å²) in [4.78, 5) is 26.1. The first-order valence-electron chi connectivity index (χ1n) is 8.20. The highest BCUT2D eigenvalue weighted by molar-refractivity contribution is 7.92. The lowest BCUT2D eigenvalue weighted by molar-refractivity contribution is 0.0849. The van der Waals surface area contributed by atoms with Crippen molar-refractivity contribution in [2.24, 2.45) is 0 Å². The summed E-state index contributed by atoms with van der Waals surface area (Å²) in [6, 6.07) is 7.41. The lowest BCUT2D eigenvalue weighted by Gasteiger charge is -2.09. The minimum absolute atomic E-state index is 0.161. The lowest BCUT2D eigenvalue weighted by atomic mass is 10.2. The van der Waals surface area contributed by atoms with Crippen molar-refractivity contribution in [2.75, 3.05) is 0 Å². The standard InChI is InChI=1S/C18H22N2O4S2/c1-5-15-12(4)10-16(25-15)18(22)20-19-17(21)13-6-8-14(9-7-13)26(23,24)11(2)3/h6-11H,5H2,1-4H3,(H,19,21)(H,20,22). The number of aryl methyl sites for hydroxylation is 2. The van der Waals surface area contributed by atoms with Gasteiger partial charge in [-0.05, 0) is 63.1 Å². The van der Waals surface area contributed by atoms with Gasteiger partial charge in [0.05, 0.1) is 15.0 Å². The van der Waals surface area contributed by atoms with E-state index in [0.29, 0.717) is 4.88 Å². The molecule has 0 aliphatic rings. The van der Waals surface area contributed by atoms with Crippen LogP contribution in [-0.2, 0) is 16.3 Å². The largest absolute Gasteiger partial charge is 0.279 e. The molecule has 0 bridgehead atoms. The summed E-state index contributed by atoms with van der Waals surface area (Å²) in [6.07, 6.45) is 0.849. The van der Waals surface area contributed by atoms with Crippen molar-refractivity contribution in [1.82, 2.24) is 10.9 Å². The Kier molecular flexibility index (Phi) is 6.20. The average Bonchev–Trinajstić information content (AvgIpc) is 3.00. The number of sulfone groups is 1. The molecule has 140 valence electrons. The van der Waals surface area contributed by atoms with Crippen LogP contribution in [0.25, 0.3) is 0 Å². The van der Waals surface area contributed by atoms with Crippen molar-refractivity contribution in [3.8, 4) is 0 Å². The Bertz CT molecular complexity index is 913. The molecule has 0 fully saturated rings. The summed E-state index contributed by atoms with van der Waals surface area (Å²) in [5.74, 6) is -0.902. The van der Waals surface area contributed by atoms with Gasteiger partial charge in [0.2, 0.25) is 0 Å². The van der Waals surface area contributed by atoms with E-state index < -0.39 is 21.0 Å². The molecule has 0 saturated carbocycles. The fourth-order valence-corrected chi connectivity index (χ4v) is 4.37. The fraction of sp³-hybridized carbons (Fsp3) is 0.333. The highest BCUT2D eigenvalue weighted by Gasteiger charge is 2.19. The van der Waals surface area contributed by atoms with Crippen LogP contribution in [0.4, 0.5) is 0 Å². The topological polar surface area (TPSA) is 92.3 Å². The van der Waals surface area contributed by atoms with Crippen molar-refractivity contribution in [1.29, 1.82) is 0 Å². The number of hydrogen-bond donors (Lipinski definition) is 2. The maximum atomic E-state index is 12.1. The van der Waals surface area contributed by atoms with Crippen LogP contribution >= 0.6 is 11.3 Å². The molecule has 0 atom stereocenters. The van der Waals surface area contributed by atoms with E-state index in [0.717, 1.165) is 16.9 Å². The molecule has 1 aromatic carbocycles. The molecule has 26 heavy (non-hydrogen) atoms. The van der Waals surface area contributed by atoms with Crippen LogP contribution in [0.3, 0.4) is 0 Å². The summed E-state index contributed by atoms with van der Waals surface area (Å²) >= 11 is 1.39. The van der Waals surface area contributed by atoms with Crippen LogP contribution in [-0.4, -0.2) is 25.5 Å². The van der Waals surface area contributed by atoms with E-state index in [4.69, 9.17) is 0 Å². The predicted octanol–water partition coefficient (Wildman–Crippen LogP) is 2.88. The second-order valence-electron chi connectivity index (χ2n) is 6.10. The second-order valence-corrected chi connectivity index (χ2v) is 9.74. The molecule has 1 aromatic heterocycles. The summed E-state index contributed by atoms with van der Waals surface area (Å²) in [5.41, 5.74) is 6.03. The molecule has 0 aliphatic heterocycles. The maximum absolute atomic E-state index is 12.1. The number of nitrogens with one attached hydrogen (secondary N) is 2. The van der Waals surface area contributed by atoms with Gasteiger partial charge in [-0.3, -0.25) is 20.4 Å². The van der Waals surface area contributed by atoms with Gasteiger partial charge in [-0.15, -0.1) is 11.3 Å². The van der Waals surface area contributed by atoms with Gasteiger partial charge in [-0.25, -0.2) is 8.42 Å². The van der Waals surface area contributed by atoms with Crippen molar-refractivity contribution in [2.45, 2.75) is 44.3 Å². The van der Waals surface area contributed by atoms with Crippen LogP contribution in [0.5, 0.6) is 0 Å². The number of hydrazine groups is 1. The van der Waals surface area contributed by atoms with E-state index in [9.17, 15) is 18.0 Å². The number of benzene rings is 1. The van der Waals surface area contributed by atoms with E-state index in [1.54, 1.807) is 19.9 Å². The lowest BCUT2D eigenvalue weighted by Crippen LogP contribution is -2.41. The quantitative estimate of drug-likeness (QED) is 0.763. The molecular formula is C18H22N2O4S2. The van der Waals surface area contributed by atoms with Crippen LogP contribution in [0.15, 0.2) is 35.2 Å². The zero-order chi connectivity index (χ0) is 19.5. The number of rotatable bonds is 5. The molecule has 1 heterocycles. The van der Waals surface area contributed by atoms with Crippen molar-refractivity contribution in [3.05, 3.63) is 51.2 Å². The van der Waals surface area contributed by atoms with Gasteiger partial charge < -0.3 is 0 Å². The van der Waals surface area contributed by atoms with Gasteiger partial charge in [-0.2, -0.15) is 0 Å². The Morgan fingerprint density at radius 3 is 2.15 bits per heavy atom. The number of thiophene rings is 1. The zero-order valence-electron chi connectivity index (χ0n) is 15.1. The Morgan fingerprint density at radius 2 is 1.65 bits per heavy atom. The first-order valence-corrected chi connectivity index (χ1v) is 10.6. The minimum Gasteiger partial charge on any atom is -0.267 e. The summed E-state index contributed by atoms with van der Waals surface area (Å²) in [6.45, 7) is 7.16. The number of amides is 2. The molecular weight excluding hydrogens is 372 g/mol. The van der Waals surface area contributed by atoms with Crippen molar-refractivity contribution in [3.63, 3.8) is 0 Å². The molecule has 2 rings (SSSR count). The molecule has 0 saturated heterocycles. The minimum atomic E-state index is -3.39. The van der Waals surface area contributed by atoms with Gasteiger partial charge in [-0.1, -0.05) is 6.92 Å². The smallest absolute Gasteiger partial charge is 0.267 e. The van der Waals surface area contributed by atoms with E-state index >= 15 is 0 Å². The van der Waals surface area contributed by atoms with Gasteiger partial charge in [0.15, 0.2) is 9.84 Å². The van der Waals surface area contributed by atoms with Crippen molar-refractivity contribution >= 4 is 33.0 Å². The normalized spacial score (nSPS) is 11.4. The number of carbonyl (C=O) groups excluding carboxylic acids is 2. The Morgan fingerprint density at radius 1 is 1.08 bits per heavy atom. The van der Waals surface area contributed by atoms with Crippen molar-refractivity contribution < 1.29 is 18.0 Å². The van der Waals surface area contributed by atoms with Gasteiger partial charge in [0, 0.05) is 10.4 Å². The Hall–Kier alpha value is -2.19. The second kappa shape index (κ2) is 8.01. The molecule has 0 unspecified atom stereocenters. The first-order chi connectivity index (χ1) is 12.2. The maximum Gasteiger partial charge on any atom is 0.279 e. The monoisotopic (exact) mass is 394 g/mol. The molecule has 0 aliphatic carbocycles. The highest BCUT2D eigenvalue weighted by atomic mass is 32.2. The Labute approximate surface area is 157 Å². The molecule has 0 radical (unpaired) electrons. The van der Waals surface area contributed by atoms with E-state index in [2.05, 4.69) is 10.9 Å². The highest BCUT2D eigenvalue weighted by Crippen LogP contribution is 2.22. The van der Waals surface area contributed by atoms with Gasteiger partial charge in [0.25, 0.3) is 11.8 Å². The van der Waals surface area contributed by atoms with E-state index in [1.807, 2.05) is 13.8 Å². The third-order valence-corrected chi connectivity index (χ3v) is 7.47. The SMILES string of the molecule is CCc1sc(C(=O)NNC(=O)c2ccc(S(=O)(=O)C(C)C)cc2)cc1C. The van der Waals surface area contributed by atoms with Crippen LogP contribution < -0.4 is 10.9 Å². The zero-order valence-corrected chi connectivity index (χ0v) is 16.8. The molecule has 2 aromatic rings. The Balaban J connectivity index is 2.02. The van der Waals surface area contributed by atoms with Gasteiger partial charge in [0.1, 0.15) is 0 Å². The summed E-state index contributed by atoms with van der Waals surface area (Å²) < 4.78 is 24.2. The van der Waals surface area contributed by atoms with Crippen LogP contribution in [0, 0.1) is 6.92 Å². The fourth-order valence-electron chi connectivity index (χ4n) is 2.30. The molecule has 6 nitrogen and oxygen atoms in total. The van der Waals surface area contributed by atoms with E-state index in [-0.39, 0.29) is 16.4 Å². The summed E-state index contributed by atoms with van der Waals surface area (Å²) in [5, 5.41) is -0.538. The third-order valence-electron chi connectivity index (χ3n) is 3.92. The molecule has 0 spiro atoms. The average molecular weight is 395 g/mol. The predicted molar refractivity (Wildman–Crippen MR) is 102 cm³/mol. The van der Waals surface area contributed by atoms with Crippen LogP contribution in [0.1, 0.15) is 51.2 Å². The molecule has 8 heteroatoms.